The quantitative estimate of drug-likeness (QED) is 0.0976. The molecule has 0 aromatic carbocycles. The zero-order valence-electron chi connectivity index (χ0n) is 18.6. The Kier molecular flexibility index (Phi) is 16.1. The maximum absolute atomic E-state index is 10.9. The Hall–Kier alpha value is -0.430. The highest BCUT2D eigenvalue weighted by molar-refractivity contribution is 7.85. The number of allylic oxidation sites excluding steroid dienone is 2. The molecule has 168 valence electrons. The molecule has 0 bridgehead atoms. The van der Waals surface area contributed by atoms with Crippen LogP contribution in [-0.4, -0.2) is 55.2 Å². The summed E-state index contributed by atoms with van der Waals surface area (Å²) in [6, 6.07) is 0. The van der Waals surface area contributed by atoms with Crippen molar-refractivity contribution in [1.82, 2.24) is 0 Å². The topological polar surface area (TPSA) is 74.6 Å². The Morgan fingerprint density at radius 1 is 0.786 bits per heavy atom. The van der Waals surface area contributed by atoms with E-state index in [1.807, 2.05) is 0 Å². The molecule has 6 heteroatoms. The lowest BCUT2D eigenvalue weighted by molar-refractivity contribution is -0.933. The van der Waals surface area contributed by atoms with Crippen molar-refractivity contribution in [3.05, 3.63) is 12.2 Å². The molecule has 0 aliphatic carbocycles. The lowest BCUT2D eigenvalue weighted by atomic mass is 10.1. The van der Waals surface area contributed by atoms with Gasteiger partial charge in [0.2, 0.25) is 6.23 Å². The lowest BCUT2D eigenvalue weighted by Crippen LogP contribution is -2.52. The van der Waals surface area contributed by atoms with Gasteiger partial charge in [-0.1, -0.05) is 70.4 Å². The molecule has 0 aliphatic rings. The normalized spacial score (nSPS) is 14.0. The van der Waals surface area contributed by atoms with Crippen LogP contribution in [0.1, 0.15) is 96.8 Å². The van der Waals surface area contributed by atoms with Crippen molar-refractivity contribution in [3.63, 3.8) is 0 Å². The van der Waals surface area contributed by atoms with Crippen molar-refractivity contribution in [1.29, 1.82) is 0 Å². The number of quaternary nitrogens is 1. The summed E-state index contributed by atoms with van der Waals surface area (Å²) in [5.41, 5.74) is 0. The average Bonchev–Trinajstić information content (AvgIpc) is 2.60. The van der Waals surface area contributed by atoms with Gasteiger partial charge in [0, 0.05) is 0 Å². The largest absolute Gasteiger partial charge is 0.344 e. The molecular formula is C22H46NO4S+. The van der Waals surface area contributed by atoms with Crippen LogP contribution in [0.4, 0.5) is 0 Å². The Labute approximate surface area is 174 Å². The molecule has 0 radical (unpaired) electrons. The monoisotopic (exact) mass is 420 g/mol. The molecule has 0 amide bonds. The fourth-order valence-corrected chi connectivity index (χ4v) is 4.09. The second-order valence-electron chi connectivity index (χ2n) is 8.67. The van der Waals surface area contributed by atoms with E-state index in [0.29, 0.717) is 6.54 Å². The van der Waals surface area contributed by atoms with E-state index >= 15 is 0 Å². The van der Waals surface area contributed by atoms with Gasteiger partial charge in [-0.15, -0.1) is 0 Å². The Morgan fingerprint density at radius 3 is 1.68 bits per heavy atom. The van der Waals surface area contributed by atoms with Crippen molar-refractivity contribution in [2.24, 2.45) is 0 Å². The van der Waals surface area contributed by atoms with Gasteiger partial charge in [-0.05, 0) is 38.5 Å². The molecule has 0 spiro atoms. The summed E-state index contributed by atoms with van der Waals surface area (Å²) in [7, 11) is -0.537. The second-order valence-corrected chi connectivity index (χ2v) is 10.2. The van der Waals surface area contributed by atoms with Crippen LogP contribution in [0, 0.1) is 0 Å². The van der Waals surface area contributed by atoms with Crippen LogP contribution in [-0.2, 0) is 10.1 Å². The van der Waals surface area contributed by atoms with Crippen LogP contribution >= 0.6 is 0 Å². The fourth-order valence-electron chi connectivity index (χ4n) is 3.31. The first-order valence-electron chi connectivity index (χ1n) is 11.3. The minimum absolute atomic E-state index is 0.199. The van der Waals surface area contributed by atoms with Crippen molar-refractivity contribution in [2.45, 2.75) is 103 Å². The van der Waals surface area contributed by atoms with Crippen molar-refractivity contribution >= 4 is 10.1 Å². The van der Waals surface area contributed by atoms with Gasteiger partial charge in [0.1, 0.15) is 0 Å². The molecule has 0 saturated heterocycles. The number of unbranched alkanes of at least 4 members (excludes halogenated alkanes) is 12. The highest BCUT2D eigenvalue weighted by atomic mass is 32.2. The van der Waals surface area contributed by atoms with Crippen molar-refractivity contribution in [2.75, 3.05) is 26.4 Å². The molecule has 0 saturated carbocycles. The maximum atomic E-state index is 10.9. The standard InChI is InChI=1S/C22H45NO4S/c1-4-5-6-7-8-9-10-11-12-13-14-15-16-17-18-19-20-23(2,3)22(24)21-28(25,26)27/h10-11,22,24H,4-9,12-21H2,1-3H3/p+1/b11-10+. The van der Waals surface area contributed by atoms with Gasteiger partial charge in [-0.25, -0.2) is 0 Å². The molecule has 1 atom stereocenters. The van der Waals surface area contributed by atoms with Crippen molar-refractivity contribution < 1.29 is 22.6 Å². The van der Waals surface area contributed by atoms with E-state index in [0.717, 1.165) is 12.8 Å². The van der Waals surface area contributed by atoms with E-state index in [2.05, 4.69) is 19.1 Å². The average molecular weight is 421 g/mol. The number of aliphatic hydroxyl groups is 1. The van der Waals surface area contributed by atoms with Crippen LogP contribution in [0.5, 0.6) is 0 Å². The van der Waals surface area contributed by atoms with Gasteiger partial charge in [-0.3, -0.25) is 4.55 Å². The first kappa shape index (κ1) is 27.6. The number of nitrogens with zero attached hydrogens (tertiary/aromatic N) is 1. The molecule has 28 heavy (non-hydrogen) atoms. The third-order valence-corrected chi connectivity index (χ3v) is 6.13. The summed E-state index contributed by atoms with van der Waals surface area (Å²) in [5.74, 6) is -0.604. The Morgan fingerprint density at radius 2 is 1.21 bits per heavy atom. The molecular weight excluding hydrogens is 374 g/mol. The first-order chi connectivity index (χ1) is 13.2. The molecule has 0 fully saturated rings. The maximum Gasteiger partial charge on any atom is 0.273 e. The Bertz CT molecular complexity index is 489. The number of aliphatic hydroxyl groups excluding tert-OH is 1. The molecule has 0 rings (SSSR count). The predicted octanol–water partition coefficient (Wildman–Crippen LogP) is 5.31. The fraction of sp³-hybridized carbons (Fsp3) is 0.909. The van der Waals surface area contributed by atoms with Gasteiger partial charge < -0.3 is 9.59 Å². The summed E-state index contributed by atoms with van der Waals surface area (Å²) in [5, 5.41) is 9.97. The summed E-state index contributed by atoms with van der Waals surface area (Å²) in [4.78, 5) is 0. The third kappa shape index (κ3) is 17.7. The predicted molar refractivity (Wildman–Crippen MR) is 119 cm³/mol. The second kappa shape index (κ2) is 16.4. The van der Waals surface area contributed by atoms with E-state index in [-0.39, 0.29) is 4.48 Å². The molecule has 0 heterocycles. The van der Waals surface area contributed by atoms with Gasteiger partial charge in [0.15, 0.2) is 5.75 Å². The molecule has 1 unspecified atom stereocenters. The van der Waals surface area contributed by atoms with Crippen LogP contribution in [0.15, 0.2) is 12.2 Å². The number of rotatable bonds is 19. The third-order valence-electron chi connectivity index (χ3n) is 5.41. The Balaban J connectivity index is 3.50. The first-order valence-corrected chi connectivity index (χ1v) is 12.9. The minimum atomic E-state index is -4.14. The van der Waals surface area contributed by atoms with E-state index in [4.69, 9.17) is 4.55 Å². The minimum Gasteiger partial charge on any atom is -0.344 e. The molecule has 0 aliphatic heterocycles. The van der Waals surface area contributed by atoms with Crippen LogP contribution in [0.25, 0.3) is 0 Å². The SMILES string of the molecule is CCCCCCC/C=C/CCCCCCCCC[N+](C)(C)C(O)CS(=O)(=O)O. The van der Waals surface area contributed by atoms with Gasteiger partial charge in [-0.2, -0.15) is 8.42 Å². The number of hydrogen-bond donors (Lipinski definition) is 2. The summed E-state index contributed by atoms with van der Waals surface area (Å²) in [6.07, 6.45) is 21.1. The smallest absolute Gasteiger partial charge is 0.273 e. The summed E-state index contributed by atoms with van der Waals surface area (Å²) < 4.78 is 30.8. The summed E-state index contributed by atoms with van der Waals surface area (Å²) in [6.45, 7) is 2.96. The lowest BCUT2D eigenvalue weighted by Gasteiger charge is -2.34. The van der Waals surface area contributed by atoms with Crippen LogP contribution < -0.4 is 0 Å². The van der Waals surface area contributed by atoms with Crippen LogP contribution in [0.2, 0.25) is 0 Å². The zero-order valence-corrected chi connectivity index (χ0v) is 19.4. The molecule has 2 N–H and O–H groups in total. The summed E-state index contributed by atoms with van der Waals surface area (Å²) >= 11 is 0. The van der Waals surface area contributed by atoms with Gasteiger partial charge >= 0.3 is 0 Å². The van der Waals surface area contributed by atoms with Gasteiger partial charge in [0.25, 0.3) is 10.1 Å². The highest BCUT2D eigenvalue weighted by Crippen LogP contribution is 2.13. The van der Waals surface area contributed by atoms with E-state index in [1.54, 1.807) is 14.1 Å². The highest BCUT2D eigenvalue weighted by Gasteiger charge is 2.29. The van der Waals surface area contributed by atoms with E-state index in [9.17, 15) is 13.5 Å². The molecule has 0 aromatic heterocycles. The van der Waals surface area contributed by atoms with Crippen molar-refractivity contribution in [3.8, 4) is 0 Å². The van der Waals surface area contributed by atoms with Crippen LogP contribution in [0.3, 0.4) is 0 Å². The van der Waals surface area contributed by atoms with E-state index in [1.165, 1.54) is 77.0 Å². The zero-order chi connectivity index (χ0) is 21.3. The molecule has 5 nitrogen and oxygen atoms in total. The van der Waals surface area contributed by atoms with E-state index < -0.39 is 22.1 Å². The molecule has 0 aromatic rings. The van der Waals surface area contributed by atoms with Gasteiger partial charge in [0.05, 0.1) is 20.6 Å². The number of hydrogen-bond acceptors (Lipinski definition) is 3.